The minimum absolute atomic E-state index is 0.253. The van der Waals surface area contributed by atoms with Crippen molar-refractivity contribution in [3.63, 3.8) is 0 Å². The van der Waals surface area contributed by atoms with Crippen LogP contribution in [0.4, 0.5) is 0 Å². The molecule has 0 heterocycles. The predicted octanol–water partition coefficient (Wildman–Crippen LogP) is 4.80. The summed E-state index contributed by atoms with van der Waals surface area (Å²) in [5.74, 6) is 0.912. The molecule has 2 aromatic rings. The molecule has 0 aliphatic rings. The normalized spacial score (nSPS) is 10.5. The molecule has 0 atom stereocenters. The first-order valence-electron chi connectivity index (χ1n) is 6.67. The van der Waals surface area contributed by atoms with Gasteiger partial charge in [-0.1, -0.05) is 41.9 Å². The van der Waals surface area contributed by atoms with Crippen LogP contribution >= 0.6 is 15.9 Å². The lowest BCUT2D eigenvalue weighted by Gasteiger charge is -2.14. The summed E-state index contributed by atoms with van der Waals surface area (Å²) < 4.78 is 11.7. The highest BCUT2D eigenvalue weighted by Crippen LogP contribution is 2.30. The van der Waals surface area contributed by atoms with Gasteiger partial charge in [0, 0.05) is 4.47 Å². The van der Waals surface area contributed by atoms with Crippen LogP contribution in [-0.2, 0) is 0 Å². The van der Waals surface area contributed by atoms with Crippen LogP contribution in [-0.4, -0.2) is 13.1 Å². The molecule has 0 saturated carbocycles. The van der Waals surface area contributed by atoms with Crippen LogP contribution in [0.1, 0.15) is 35.7 Å². The van der Waals surface area contributed by atoms with E-state index in [1.165, 1.54) is 7.11 Å². The number of halogens is 1. The van der Waals surface area contributed by atoms with Crippen LogP contribution in [0.2, 0.25) is 0 Å². The molecule has 0 amide bonds. The van der Waals surface area contributed by atoms with E-state index in [0.717, 1.165) is 10.0 Å². The molecular weight excluding hydrogens is 332 g/mol. The van der Waals surface area contributed by atoms with Gasteiger partial charge < -0.3 is 9.47 Å². The maximum Gasteiger partial charge on any atom is 0.347 e. The van der Waals surface area contributed by atoms with Gasteiger partial charge >= 0.3 is 5.97 Å². The molecule has 110 valence electrons. The smallest absolute Gasteiger partial charge is 0.347 e. The molecule has 0 unspecified atom stereocenters. The summed E-state index contributed by atoms with van der Waals surface area (Å²) in [7, 11) is 1.53. The fourth-order valence-electron chi connectivity index (χ4n) is 2.03. The van der Waals surface area contributed by atoms with Crippen molar-refractivity contribution in [3.05, 3.63) is 58.1 Å². The summed E-state index contributed by atoms with van der Waals surface area (Å²) in [6, 6.07) is 12.6. The third-order valence-electron chi connectivity index (χ3n) is 3.12. The minimum Gasteiger partial charge on any atom is -0.496 e. The number of carbonyl (C=O) groups excluding carboxylic acids is 1. The van der Waals surface area contributed by atoms with Crippen LogP contribution < -0.4 is 9.47 Å². The van der Waals surface area contributed by atoms with Gasteiger partial charge in [0.2, 0.25) is 0 Å². The Balaban J connectivity index is 2.32. The number of rotatable bonds is 4. The first kappa shape index (κ1) is 15.6. The van der Waals surface area contributed by atoms with Gasteiger partial charge in [-0.3, -0.25) is 0 Å². The Hall–Kier alpha value is -1.81. The van der Waals surface area contributed by atoms with E-state index in [0.29, 0.717) is 17.1 Å². The SMILES string of the molecule is COc1ccccc1C(=O)Oc1ccc(Br)cc1C(C)C. The maximum atomic E-state index is 12.3. The zero-order valence-corrected chi connectivity index (χ0v) is 13.8. The van der Waals surface area contributed by atoms with E-state index in [9.17, 15) is 4.79 Å². The number of ether oxygens (including phenoxy) is 2. The molecule has 0 spiro atoms. The van der Waals surface area contributed by atoms with Crippen molar-refractivity contribution < 1.29 is 14.3 Å². The van der Waals surface area contributed by atoms with Crippen LogP contribution in [0.15, 0.2) is 46.9 Å². The van der Waals surface area contributed by atoms with Crippen LogP contribution in [0, 0.1) is 0 Å². The average molecular weight is 349 g/mol. The Kier molecular flexibility index (Phi) is 5.02. The third kappa shape index (κ3) is 3.64. The van der Waals surface area contributed by atoms with Gasteiger partial charge in [-0.2, -0.15) is 0 Å². The molecule has 21 heavy (non-hydrogen) atoms. The second-order valence-electron chi connectivity index (χ2n) is 4.93. The van der Waals surface area contributed by atoms with Crippen molar-refractivity contribution >= 4 is 21.9 Å². The molecule has 0 N–H and O–H groups in total. The molecule has 2 rings (SSSR count). The highest BCUT2D eigenvalue weighted by Gasteiger charge is 2.17. The largest absolute Gasteiger partial charge is 0.496 e. The van der Waals surface area contributed by atoms with Crippen molar-refractivity contribution in [1.29, 1.82) is 0 Å². The molecule has 0 aliphatic carbocycles. The lowest BCUT2D eigenvalue weighted by molar-refractivity contribution is 0.0729. The van der Waals surface area contributed by atoms with E-state index in [2.05, 4.69) is 29.8 Å². The van der Waals surface area contributed by atoms with Crippen LogP contribution in [0.3, 0.4) is 0 Å². The van der Waals surface area contributed by atoms with Gasteiger partial charge in [0.05, 0.1) is 7.11 Å². The molecule has 2 aromatic carbocycles. The van der Waals surface area contributed by atoms with E-state index in [4.69, 9.17) is 9.47 Å². The summed E-state index contributed by atoms with van der Waals surface area (Å²) >= 11 is 3.44. The average Bonchev–Trinajstić information content (AvgIpc) is 2.48. The highest BCUT2D eigenvalue weighted by molar-refractivity contribution is 9.10. The van der Waals surface area contributed by atoms with Crippen molar-refractivity contribution in [1.82, 2.24) is 0 Å². The lowest BCUT2D eigenvalue weighted by atomic mass is 10.0. The van der Waals surface area contributed by atoms with Gasteiger partial charge in [0.15, 0.2) is 0 Å². The van der Waals surface area contributed by atoms with Crippen LogP contribution in [0.5, 0.6) is 11.5 Å². The second-order valence-corrected chi connectivity index (χ2v) is 5.84. The maximum absolute atomic E-state index is 12.3. The van der Waals surface area contributed by atoms with Gasteiger partial charge in [0.1, 0.15) is 17.1 Å². The topological polar surface area (TPSA) is 35.5 Å². The van der Waals surface area contributed by atoms with Crippen molar-refractivity contribution in [3.8, 4) is 11.5 Å². The molecule has 4 heteroatoms. The Labute approximate surface area is 133 Å². The monoisotopic (exact) mass is 348 g/mol. The predicted molar refractivity (Wildman–Crippen MR) is 86.2 cm³/mol. The number of methoxy groups -OCH3 is 1. The molecule has 0 aromatic heterocycles. The van der Waals surface area contributed by atoms with E-state index in [-0.39, 0.29) is 5.92 Å². The molecule has 0 fully saturated rings. The van der Waals surface area contributed by atoms with Gasteiger partial charge in [-0.05, 0) is 41.8 Å². The number of hydrogen-bond donors (Lipinski definition) is 0. The van der Waals surface area contributed by atoms with Gasteiger partial charge in [-0.15, -0.1) is 0 Å². The summed E-state index contributed by atoms with van der Waals surface area (Å²) in [6.45, 7) is 4.12. The Bertz CT molecular complexity index is 650. The van der Waals surface area contributed by atoms with E-state index in [1.807, 2.05) is 18.2 Å². The van der Waals surface area contributed by atoms with Crippen molar-refractivity contribution in [2.45, 2.75) is 19.8 Å². The Morgan fingerprint density at radius 1 is 1.10 bits per heavy atom. The number of carbonyl (C=O) groups is 1. The molecule has 0 saturated heterocycles. The Morgan fingerprint density at radius 3 is 2.48 bits per heavy atom. The molecule has 0 bridgehead atoms. The fourth-order valence-corrected chi connectivity index (χ4v) is 2.41. The first-order chi connectivity index (χ1) is 10.0. The van der Waals surface area contributed by atoms with Crippen molar-refractivity contribution in [2.75, 3.05) is 7.11 Å². The van der Waals surface area contributed by atoms with E-state index in [1.54, 1.807) is 24.3 Å². The summed E-state index contributed by atoms with van der Waals surface area (Å²) in [5.41, 5.74) is 1.39. The summed E-state index contributed by atoms with van der Waals surface area (Å²) in [6.07, 6.45) is 0. The quantitative estimate of drug-likeness (QED) is 0.588. The number of hydrogen-bond acceptors (Lipinski definition) is 3. The number of benzene rings is 2. The zero-order valence-electron chi connectivity index (χ0n) is 12.2. The fraction of sp³-hybridized carbons (Fsp3) is 0.235. The van der Waals surface area contributed by atoms with Crippen molar-refractivity contribution in [2.24, 2.45) is 0 Å². The molecule has 0 radical (unpaired) electrons. The van der Waals surface area contributed by atoms with E-state index < -0.39 is 5.97 Å². The molecular formula is C17H17BrO3. The molecule has 0 aliphatic heterocycles. The minimum atomic E-state index is -0.420. The zero-order chi connectivity index (χ0) is 15.4. The second kappa shape index (κ2) is 6.76. The van der Waals surface area contributed by atoms with Gasteiger partial charge in [-0.25, -0.2) is 4.79 Å². The lowest BCUT2D eigenvalue weighted by Crippen LogP contribution is -2.11. The summed E-state index contributed by atoms with van der Waals surface area (Å²) in [5, 5.41) is 0. The van der Waals surface area contributed by atoms with E-state index >= 15 is 0 Å². The standard InChI is InChI=1S/C17H17BrO3/c1-11(2)14-10-12(18)8-9-16(14)21-17(19)13-6-4-5-7-15(13)20-3/h4-11H,1-3H3. The summed E-state index contributed by atoms with van der Waals surface area (Å²) in [4.78, 5) is 12.3. The first-order valence-corrected chi connectivity index (χ1v) is 7.47. The third-order valence-corrected chi connectivity index (χ3v) is 3.62. The number of esters is 1. The molecule has 3 nitrogen and oxygen atoms in total. The Morgan fingerprint density at radius 2 is 1.81 bits per heavy atom. The van der Waals surface area contributed by atoms with Crippen LogP contribution in [0.25, 0.3) is 0 Å². The number of para-hydroxylation sites is 1. The van der Waals surface area contributed by atoms with Gasteiger partial charge in [0.25, 0.3) is 0 Å². The highest BCUT2D eigenvalue weighted by atomic mass is 79.9.